The summed E-state index contributed by atoms with van der Waals surface area (Å²) in [4.78, 5) is 0. The fourth-order valence-corrected chi connectivity index (χ4v) is 1.04. The first-order valence-corrected chi connectivity index (χ1v) is 6.16. The molecule has 0 radical (unpaired) electrons. The third-order valence-corrected chi connectivity index (χ3v) is 2.37. The van der Waals surface area contributed by atoms with Gasteiger partial charge in [0.05, 0.1) is 0 Å². The number of hydrogen-bond donors (Lipinski definition) is 0. The molecule has 0 heterocycles. The van der Waals surface area contributed by atoms with E-state index in [9.17, 15) is 0 Å². The lowest BCUT2D eigenvalue weighted by molar-refractivity contribution is 0.137. The standard InChI is InChI=1S/C6H12I2O/c7-3-1-5-9-6-2-4-8/h1-6H2. The summed E-state index contributed by atoms with van der Waals surface area (Å²) < 4.78 is 7.73. The predicted octanol–water partition coefficient (Wildman–Crippen LogP) is 2.65. The minimum Gasteiger partial charge on any atom is -0.381 e. The van der Waals surface area contributed by atoms with Gasteiger partial charge in [0.15, 0.2) is 0 Å². The molecule has 0 spiro atoms. The van der Waals surface area contributed by atoms with Gasteiger partial charge in [-0.2, -0.15) is 0 Å². The van der Waals surface area contributed by atoms with Crippen LogP contribution >= 0.6 is 45.2 Å². The van der Waals surface area contributed by atoms with Crippen LogP contribution in [0.4, 0.5) is 0 Å². The second-order valence-electron chi connectivity index (χ2n) is 1.70. The fraction of sp³-hybridized carbons (Fsp3) is 1.00. The van der Waals surface area contributed by atoms with Crippen LogP contribution in [0.15, 0.2) is 0 Å². The lowest BCUT2D eigenvalue weighted by atomic mass is 10.5. The second kappa shape index (κ2) is 9.42. The largest absolute Gasteiger partial charge is 0.381 e. The highest BCUT2D eigenvalue weighted by Crippen LogP contribution is 1.92. The zero-order valence-electron chi connectivity index (χ0n) is 5.41. The van der Waals surface area contributed by atoms with Crippen LogP contribution in [0.2, 0.25) is 0 Å². The average Bonchev–Trinajstić information content (AvgIpc) is 1.89. The van der Waals surface area contributed by atoms with Crippen molar-refractivity contribution < 1.29 is 4.74 Å². The van der Waals surface area contributed by atoms with Gasteiger partial charge in [0, 0.05) is 22.1 Å². The molecular formula is C6H12I2O. The van der Waals surface area contributed by atoms with Crippen LogP contribution in [0.5, 0.6) is 0 Å². The highest BCUT2D eigenvalue weighted by molar-refractivity contribution is 14.1. The van der Waals surface area contributed by atoms with Gasteiger partial charge in [0.1, 0.15) is 0 Å². The summed E-state index contributed by atoms with van der Waals surface area (Å²) in [6, 6.07) is 0. The predicted molar refractivity (Wildman–Crippen MR) is 57.8 cm³/mol. The Bertz CT molecular complexity index is 44.3. The topological polar surface area (TPSA) is 9.23 Å². The molecule has 0 aromatic carbocycles. The van der Waals surface area contributed by atoms with Crippen molar-refractivity contribution >= 4 is 45.2 Å². The molecule has 0 amide bonds. The van der Waals surface area contributed by atoms with E-state index in [0.717, 1.165) is 13.2 Å². The van der Waals surface area contributed by atoms with Crippen molar-refractivity contribution in [3.8, 4) is 0 Å². The first kappa shape index (κ1) is 10.4. The fourth-order valence-electron chi connectivity index (χ4n) is 0.415. The van der Waals surface area contributed by atoms with Crippen molar-refractivity contribution in [1.29, 1.82) is 0 Å². The van der Waals surface area contributed by atoms with Gasteiger partial charge in [-0.15, -0.1) is 0 Å². The van der Waals surface area contributed by atoms with Gasteiger partial charge in [-0.05, 0) is 12.8 Å². The summed E-state index contributed by atoms with van der Waals surface area (Å²) in [6.07, 6.45) is 2.39. The summed E-state index contributed by atoms with van der Waals surface area (Å²) in [5.74, 6) is 0. The zero-order valence-corrected chi connectivity index (χ0v) is 9.72. The van der Waals surface area contributed by atoms with E-state index in [1.54, 1.807) is 0 Å². The molecule has 0 aromatic rings. The molecule has 9 heavy (non-hydrogen) atoms. The highest BCUT2D eigenvalue weighted by atomic mass is 127. The minimum atomic E-state index is 0.944. The molecule has 3 heteroatoms. The zero-order chi connectivity index (χ0) is 6.95. The van der Waals surface area contributed by atoms with E-state index in [2.05, 4.69) is 45.2 Å². The van der Waals surface area contributed by atoms with E-state index in [-0.39, 0.29) is 0 Å². The maximum absolute atomic E-state index is 5.30. The highest BCUT2D eigenvalue weighted by Gasteiger charge is 1.85. The van der Waals surface area contributed by atoms with E-state index in [4.69, 9.17) is 4.74 Å². The number of alkyl halides is 2. The van der Waals surface area contributed by atoms with Crippen molar-refractivity contribution in [3.05, 3.63) is 0 Å². The van der Waals surface area contributed by atoms with E-state index >= 15 is 0 Å². The van der Waals surface area contributed by atoms with Gasteiger partial charge >= 0.3 is 0 Å². The van der Waals surface area contributed by atoms with Gasteiger partial charge in [-0.1, -0.05) is 45.2 Å². The Morgan fingerprint density at radius 2 is 1.33 bits per heavy atom. The van der Waals surface area contributed by atoms with Gasteiger partial charge in [0.2, 0.25) is 0 Å². The summed E-state index contributed by atoms with van der Waals surface area (Å²) in [6.45, 7) is 1.89. The molecule has 1 nitrogen and oxygen atoms in total. The Hall–Kier alpha value is 1.42. The van der Waals surface area contributed by atoms with Gasteiger partial charge in [-0.3, -0.25) is 0 Å². The molecule has 0 bridgehead atoms. The lowest BCUT2D eigenvalue weighted by Crippen LogP contribution is -1.97. The maximum Gasteiger partial charge on any atom is 0.0473 e. The molecule has 0 aliphatic rings. The Labute approximate surface area is 84.2 Å². The summed E-state index contributed by atoms with van der Waals surface area (Å²) in [5.41, 5.74) is 0. The van der Waals surface area contributed by atoms with Crippen LogP contribution in [0, 0.1) is 0 Å². The van der Waals surface area contributed by atoms with Crippen LogP contribution in [-0.2, 0) is 4.74 Å². The van der Waals surface area contributed by atoms with Crippen molar-refractivity contribution in [2.24, 2.45) is 0 Å². The summed E-state index contributed by atoms with van der Waals surface area (Å²) >= 11 is 4.73. The number of halogens is 2. The first-order chi connectivity index (χ1) is 4.41. The van der Waals surface area contributed by atoms with Gasteiger partial charge < -0.3 is 4.74 Å². The molecule has 0 saturated carbocycles. The van der Waals surface area contributed by atoms with Crippen LogP contribution in [-0.4, -0.2) is 22.1 Å². The van der Waals surface area contributed by atoms with E-state index in [1.807, 2.05) is 0 Å². The van der Waals surface area contributed by atoms with Gasteiger partial charge in [-0.25, -0.2) is 0 Å². The van der Waals surface area contributed by atoms with Crippen LogP contribution < -0.4 is 0 Å². The van der Waals surface area contributed by atoms with E-state index in [1.165, 1.54) is 21.7 Å². The smallest absolute Gasteiger partial charge is 0.0473 e. The molecule has 0 atom stereocenters. The third kappa shape index (κ3) is 9.42. The quantitative estimate of drug-likeness (QED) is 0.405. The Balaban J connectivity index is 2.60. The summed E-state index contributed by atoms with van der Waals surface area (Å²) in [5, 5.41) is 0. The van der Waals surface area contributed by atoms with Crippen molar-refractivity contribution in [3.63, 3.8) is 0 Å². The van der Waals surface area contributed by atoms with Crippen molar-refractivity contribution in [2.75, 3.05) is 22.1 Å². The molecule has 0 aromatic heterocycles. The average molecular weight is 354 g/mol. The maximum atomic E-state index is 5.30. The normalized spacial score (nSPS) is 10.0. The second-order valence-corrected chi connectivity index (χ2v) is 3.85. The van der Waals surface area contributed by atoms with Crippen LogP contribution in [0.3, 0.4) is 0 Å². The third-order valence-electron chi connectivity index (χ3n) is 0.845. The molecular weight excluding hydrogens is 342 g/mol. The molecule has 0 N–H and O–H groups in total. The molecule has 0 unspecified atom stereocenters. The number of rotatable bonds is 6. The van der Waals surface area contributed by atoms with E-state index in [0.29, 0.717) is 0 Å². The molecule has 0 aliphatic carbocycles. The first-order valence-electron chi connectivity index (χ1n) is 3.11. The Kier molecular flexibility index (Phi) is 10.9. The minimum absolute atomic E-state index is 0.944. The van der Waals surface area contributed by atoms with Crippen LogP contribution in [0.25, 0.3) is 0 Å². The van der Waals surface area contributed by atoms with Crippen molar-refractivity contribution in [2.45, 2.75) is 12.8 Å². The Morgan fingerprint density at radius 3 is 1.67 bits per heavy atom. The SMILES string of the molecule is ICCCOCCCI. The van der Waals surface area contributed by atoms with Gasteiger partial charge in [0.25, 0.3) is 0 Å². The molecule has 0 aliphatic heterocycles. The molecule has 56 valence electrons. The molecule has 0 fully saturated rings. The molecule has 0 rings (SSSR count). The van der Waals surface area contributed by atoms with E-state index < -0.39 is 0 Å². The number of ether oxygens (including phenoxy) is 1. The monoisotopic (exact) mass is 354 g/mol. The van der Waals surface area contributed by atoms with Crippen molar-refractivity contribution in [1.82, 2.24) is 0 Å². The Morgan fingerprint density at radius 1 is 0.889 bits per heavy atom. The lowest BCUT2D eigenvalue weighted by Gasteiger charge is -1.98. The van der Waals surface area contributed by atoms with Crippen LogP contribution in [0.1, 0.15) is 12.8 Å². The molecule has 0 saturated heterocycles. The number of hydrogen-bond acceptors (Lipinski definition) is 1. The summed E-state index contributed by atoms with van der Waals surface area (Å²) in [7, 11) is 0.